The molecule has 0 aliphatic carbocycles. The molecule has 3 heterocycles. The van der Waals surface area contributed by atoms with Crippen LogP contribution in [0.2, 0.25) is 0 Å². The molecule has 2 aromatic heterocycles. The van der Waals surface area contributed by atoms with Crippen molar-refractivity contribution in [1.29, 1.82) is 0 Å². The molecule has 0 bridgehead atoms. The van der Waals surface area contributed by atoms with Crippen LogP contribution in [0, 0.1) is 0 Å². The van der Waals surface area contributed by atoms with Crippen LogP contribution in [0.3, 0.4) is 0 Å². The molecule has 28 heavy (non-hydrogen) atoms. The van der Waals surface area contributed by atoms with Crippen LogP contribution in [-0.4, -0.2) is 20.1 Å². The topological polar surface area (TPSA) is 34.9 Å². The minimum Gasteiger partial charge on any atom is -0.268 e. The molecular formula is C21H21ClN2OS3. The first-order valence-electron chi connectivity index (χ1n) is 9.07. The Morgan fingerprint density at radius 2 is 2.11 bits per heavy atom. The van der Waals surface area contributed by atoms with E-state index in [4.69, 9.17) is 16.6 Å². The van der Waals surface area contributed by atoms with E-state index in [0.717, 1.165) is 33.1 Å². The zero-order valence-electron chi connectivity index (χ0n) is 16.0. The van der Waals surface area contributed by atoms with Crippen LogP contribution in [0.25, 0.3) is 15.9 Å². The fraction of sp³-hybridized carbons (Fsp3) is 0.333. The maximum absolute atomic E-state index is 13.7. The number of hydrogen-bond donors (Lipinski definition) is 0. The van der Waals surface area contributed by atoms with Crippen LogP contribution in [0.4, 0.5) is 0 Å². The lowest BCUT2D eigenvalue weighted by atomic mass is 10.00. The average Bonchev–Trinajstić information content (AvgIpc) is 2.99. The summed E-state index contributed by atoms with van der Waals surface area (Å²) in [4.78, 5) is 20.7. The molecule has 0 amide bonds. The number of halogens is 1. The molecule has 0 saturated heterocycles. The van der Waals surface area contributed by atoms with E-state index in [1.54, 1.807) is 15.9 Å². The number of aromatic nitrogens is 2. The van der Waals surface area contributed by atoms with Crippen molar-refractivity contribution >= 4 is 56.7 Å². The van der Waals surface area contributed by atoms with E-state index >= 15 is 0 Å². The highest BCUT2D eigenvalue weighted by Gasteiger charge is 2.31. The number of hydrogen-bond acceptors (Lipinski definition) is 5. The van der Waals surface area contributed by atoms with Crippen LogP contribution >= 0.6 is 46.5 Å². The van der Waals surface area contributed by atoms with Crippen LogP contribution in [0.1, 0.15) is 31.2 Å². The van der Waals surface area contributed by atoms with Crippen LogP contribution in [0.5, 0.6) is 0 Å². The third-order valence-electron chi connectivity index (χ3n) is 4.67. The fourth-order valence-corrected chi connectivity index (χ4v) is 6.82. The molecule has 1 aliphatic rings. The van der Waals surface area contributed by atoms with Gasteiger partial charge in [-0.2, -0.15) is 0 Å². The van der Waals surface area contributed by atoms with Gasteiger partial charge in [-0.3, -0.25) is 9.36 Å². The van der Waals surface area contributed by atoms with Crippen molar-refractivity contribution in [3.63, 3.8) is 0 Å². The van der Waals surface area contributed by atoms with Gasteiger partial charge < -0.3 is 0 Å². The maximum Gasteiger partial charge on any atom is 0.267 e. The van der Waals surface area contributed by atoms with Crippen molar-refractivity contribution in [1.82, 2.24) is 9.55 Å². The molecule has 0 atom stereocenters. The summed E-state index contributed by atoms with van der Waals surface area (Å²) in [6.07, 6.45) is 2.84. The minimum absolute atomic E-state index is 0.0328. The molecule has 0 spiro atoms. The molecule has 3 aromatic rings. The Labute approximate surface area is 182 Å². The van der Waals surface area contributed by atoms with Gasteiger partial charge in [-0.05, 0) is 31.0 Å². The number of allylic oxidation sites excluding steroid dienone is 1. The number of thioether (sulfide) groups is 2. The number of thiophene rings is 1. The highest BCUT2D eigenvalue weighted by Crippen LogP contribution is 2.44. The van der Waals surface area contributed by atoms with Crippen molar-refractivity contribution < 1.29 is 0 Å². The molecule has 0 radical (unpaired) electrons. The molecule has 0 saturated carbocycles. The molecule has 0 N–H and O–H groups in total. The monoisotopic (exact) mass is 448 g/mol. The quantitative estimate of drug-likeness (QED) is 0.349. The Hall–Kier alpha value is -1.21. The first-order chi connectivity index (χ1) is 13.4. The molecular weight excluding hydrogens is 428 g/mol. The summed E-state index contributed by atoms with van der Waals surface area (Å²) in [5, 5.41) is 2.25. The summed E-state index contributed by atoms with van der Waals surface area (Å²) in [6, 6.07) is 9.78. The lowest BCUT2D eigenvalue weighted by Gasteiger charge is -2.28. The predicted molar refractivity (Wildman–Crippen MR) is 125 cm³/mol. The van der Waals surface area contributed by atoms with E-state index < -0.39 is 0 Å². The average molecular weight is 449 g/mol. The summed E-state index contributed by atoms with van der Waals surface area (Å²) in [5.41, 5.74) is 2.07. The van der Waals surface area contributed by atoms with Gasteiger partial charge >= 0.3 is 0 Å². The lowest BCUT2D eigenvalue weighted by Crippen LogP contribution is -2.26. The summed E-state index contributed by atoms with van der Waals surface area (Å²) in [6.45, 7) is 6.35. The summed E-state index contributed by atoms with van der Waals surface area (Å²) in [7, 11) is 0. The first-order valence-corrected chi connectivity index (χ1v) is 12.2. The molecule has 1 aromatic carbocycles. The number of fused-ring (bicyclic) bond motifs is 3. The van der Waals surface area contributed by atoms with E-state index in [-0.39, 0.29) is 10.3 Å². The number of nitrogens with zero attached hydrogens (tertiary/aromatic N) is 2. The van der Waals surface area contributed by atoms with E-state index in [0.29, 0.717) is 10.9 Å². The smallest absolute Gasteiger partial charge is 0.267 e. The van der Waals surface area contributed by atoms with Gasteiger partial charge in [-0.15, -0.1) is 23.1 Å². The van der Waals surface area contributed by atoms with Gasteiger partial charge in [0.15, 0.2) is 5.16 Å². The zero-order chi connectivity index (χ0) is 19.9. The normalized spacial score (nSPS) is 16.4. The second-order valence-corrected chi connectivity index (χ2v) is 11.7. The van der Waals surface area contributed by atoms with Crippen LogP contribution in [0.15, 0.2) is 51.4 Å². The number of rotatable bonds is 4. The van der Waals surface area contributed by atoms with Crippen LogP contribution in [-0.2, 0) is 12.2 Å². The van der Waals surface area contributed by atoms with E-state index in [9.17, 15) is 4.79 Å². The molecule has 4 rings (SSSR count). The molecule has 3 nitrogen and oxygen atoms in total. The van der Waals surface area contributed by atoms with Crippen molar-refractivity contribution in [3.8, 4) is 5.69 Å². The Balaban J connectivity index is 1.93. The van der Waals surface area contributed by atoms with Gasteiger partial charge in [0.05, 0.1) is 11.1 Å². The van der Waals surface area contributed by atoms with Crippen LogP contribution < -0.4 is 5.56 Å². The van der Waals surface area contributed by atoms with E-state index in [1.807, 2.05) is 55.1 Å². The highest BCUT2D eigenvalue weighted by atomic mass is 35.5. The zero-order valence-corrected chi connectivity index (χ0v) is 19.2. The fourth-order valence-electron chi connectivity index (χ4n) is 3.31. The van der Waals surface area contributed by atoms with E-state index in [1.165, 1.54) is 22.2 Å². The lowest BCUT2D eigenvalue weighted by molar-refractivity contribution is 0.698. The third-order valence-corrected chi connectivity index (χ3v) is 8.35. The van der Waals surface area contributed by atoms with Crippen molar-refractivity contribution in [2.75, 3.05) is 5.75 Å². The predicted octanol–water partition coefficient (Wildman–Crippen LogP) is 6.25. The SMILES string of the molecule is CC(Cl)=CCSc1nc2sc3c(c2c(=O)n1-c1ccccc1)CC(C)(C)SC3. The van der Waals surface area contributed by atoms with Gasteiger partial charge in [-0.25, -0.2) is 4.98 Å². The van der Waals surface area contributed by atoms with Gasteiger partial charge in [-0.1, -0.05) is 61.5 Å². The van der Waals surface area contributed by atoms with Crippen molar-refractivity contribution in [2.45, 2.75) is 42.8 Å². The Morgan fingerprint density at radius 3 is 2.82 bits per heavy atom. The summed E-state index contributed by atoms with van der Waals surface area (Å²) >= 11 is 11.1. The second kappa shape index (κ2) is 7.90. The molecule has 146 valence electrons. The summed E-state index contributed by atoms with van der Waals surface area (Å²) in [5.74, 6) is 1.62. The largest absolute Gasteiger partial charge is 0.268 e. The van der Waals surface area contributed by atoms with Gasteiger partial charge in [0.25, 0.3) is 5.56 Å². The van der Waals surface area contributed by atoms with Gasteiger partial charge in [0, 0.05) is 26.2 Å². The molecule has 0 fully saturated rings. The molecule has 7 heteroatoms. The summed E-state index contributed by atoms with van der Waals surface area (Å²) < 4.78 is 1.90. The Bertz CT molecular complexity index is 1110. The molecule has 0 unspecified atom stereocenters. The van der Waals surface area contributed by atoms with Crippen molar-refractivity contribution in [3.05, 3.63) is 62.2 Å². The third kappa shape index (κ3) is 3.92. The van der Waals surface area contributed by atoms with Gasteiger partial charge in [0.1, 0.15) is 4.83 Å². The standard InChI is InChI=1S/C21H21ClN2OS3/c1-13(22)9-10-26-20-23-18-17(15-11-21(2,3)27-12-16(15)28-18)19(25)24(20)14-7-5-4-6-8-14/h4-9H,10-12H2,1-3H3. The minimum atomic E-state index is 0.0328. The number of benzene rings is 1. The number of para-hydroxylation sites is 1. The van der Waals surface area contributed by atoms with E-state index in [2.05, 4.69) is 13.8 Å². The maximum atomic E-state index is 13.7. The van der Waals surface area contributed by atoms with Crippen molar-refractivity contribution in [2.24, 2.45) is 0 Å². The second-order valence-electron chi connectivity index (χ2n) is 7.38. The Morgan fingerprint density at radius 1 is 1.36 bits per heavy atom. The molecule has 1 aliphatic heterocycles. The Kier molecular flexibility index (Phi) is 5.67. The highest BCUT2D eigenvalue weighted by molar-refractivity contribution is 8.00. The first kappa shape index (κ1) is 20.1. The van der Waals surface area contributed by atoms with Gasteiger partial charge in [0.2, 0.25) is 0 Å².